The molecule has 134 valence electrons. The zero-order chi connectivity index (χ0) is 18.3. The van der Waals surface area contributed by atoms with E-state index in [1.165, 1.54) is 0 Å². The van der Waals surface area contributed by atoms with Gasteiger partial charge in [-0.1, -0.05) is 6.07 Å². The van der Waals surface area contributed by atoms with Crippen molar-refractivity contribution >= 4 is 26.9 Å². The molecule has 2 bridgehead atoms. The maximum atomic E-state index is 12.7. The van der Waals surface area contributed by atoms with Gasteiger partial charge in [0.2, 0.25) is 10.0 Å². The molecule has 3 aliphatic rings. The number of fused-ring (bicyclic) bond motifs is 1. The second kappa shape index (κ2) is 4.55. The summed E-state index contributed by atoms with van der Waals surface area (Å²) < 4.78 is 66.0. The van der Waals surface area contributed by atoms with Crippen molar-refractivity contribution in [2.45, 2.75) is 35.9 Å². The molecular weight excluding hydrogens is 361 g/mol. The number of aromatic amines is 1. The van der Waals surface area contributed by atoms with Crippen LogP contribution in [0.2, 0.25) is 0 Å². The molecule has 6 nitrogen and oxygen atoms in total. The van der Waals surface area contributed by atoms with E-state index >= 15 is 0 Å². The molecule has 0 spiro atoms. The number of hydrogen-bond donors (Lipinski definition) is 3. The van der Waals surface area contributed by atoms with Crippen molar-refractivity contribution in [1.82, 2.24) is 9.71 Å². The summed E-state index contributed by atoms with van der Waals surface area (Å²) in [6.45, 7) is 0. The fourth-order valence-electron chi connectivity index (χ4n) is 3.96. The van der Waals surface area contributed by atoms with Crippen LogP contribution in [0.4, 0.5) is 13.2 Å². The zero-order valence-corrected chi connectivity index (χ0v) is 13.5. The first-order valence-corrected chi connectivity index (χ1v) is 8.91. The molecule has 3 aliphatic carbocycles. The predicted octanol–water partition coefficient (Wildman–Crippen LogP) is 2.47. The number of aromatic nitrogens is 1. The number of carbonyl (C=O) groups is 1. The summed E-state index contributed by atoms with van der Waals surface area (Å²) in [5.74, 6) is -0.930. The van der Waals surface area contributed by atoms with Crippen LogP contribution in [-0.4, -0.2) is 30.0 Å². The van der Waals surface area contributed by atoms with Crippen LogP contribution in [0.15, 0.2) is 29.3 Å². The normalized spacial score (nSPS) is 28.4. The van der Waals surface area contributed by atoms with E-state index in [9.17, 15) is 26.4 Å². The smallest absolute Gasteiger partial charge is 0.416 e. The number of sulfonamides is 1. The third-order valence-electron chi connectivity index (χ3n) is 5.10. The molecule has 1 aromatic carbocycles. The minimum atomic E-state index is -4.52. The van der Waals surface area contributed by atoms with E-state index in [4.69, 9.17) is 5.11 Å². The van der Waals surface area contributed by atoms with Gasteiger partial charge in [0.1, 0.15) is 4.90 Å². The minimum Gasteiger partial charge on any atom is -0.481 e. The molecule has 1 aromatic heterocycles. The van der Waals surface area contributed by atoms with Crippen LogP contribution in [0.1, 0.15) is 24.8 Å². The Morgan fingerprint density at radius 1 is 1.24 bits per heavy atom. The number of H-pyrrole nitrogens is 1. The number of alkyl halides is 3. The summed E-state index contributed by atoms with van der Waals surface area (Å²) in [5, 5.41) is 9.24. The van der Waals surface area contributed by atoms with Crippen LogP contribution in [0.3, 0.4) is 0 Å². The van der Waals surface area contributed by atoms with Crippen LogP contribution in [0.5, 0.6) is 0 Å². The van der Waals surface area contributed by atoms with Crippen molar-refractivity contribution in [3.63, 3.8) is 0 Å². The van der Waals surface area contributed by atoms with E-state index in [2.05, 4.69) is 9.71 Å². The van der Waals surface area contributed by atoms with E-state index in [0.717, 1.165) is 24.4 Å². The van der Waals surface area contributed by atoms with Gasteiger partial charge in [0.25, 0.3) is 0 Å². The van der Waals surface area contributed by atoms with Gasteiger partial charge in [0.05, 0.1) is 11.0 Å². The Balaban J connectivity index is 1.63. The molecule has 0 atom stereocenters. The largest absolute Gasteiger partial charge is 0.481 e. The molecular formula is C15H13F3N2O4S. The number of carboxylic acid groups (broad SMARTS) is 1. The number of rotatable bonds is 4. The summed E-state index contributed by atoms with van der Waals surface area (Å²) in [7, 11) is -3.98. The van der Waals surface area contributed by atoms with Gasteiger partial charge in [0.15, 0.2) is 0 Å². The highest BCUT2D eigenvalue weighted by atomic mass is 32.2. The zero-order valence-electron chi connectivity index (χ0n) is 12.6. The molecule has 0 unspecified atom stereocenters. The van der Waals surface area contributed by atoms with Crippen LogP contribution >= 0.6 is 0 Å². The summed E-state index contributed by atoms with van der Waals surface area (Å²) >= 11 is 0. The molecule has 3 N–H and O–H groups in total. The fraction of sp³-hybridized carbons (Fsp3) is 0.400. The quantitative estimate of drug-likeness (QED) is 0.766. The second-order valence-corrected chi connectivity index (χ2v) is 8.56. The Bertz CT molecular complexity index is 990. The first-order chi connectivity index (χ1) is 11.5. The van der Waals surface area contributed by atoms with Gasteiger partial charge >= 0.3 is 12.1 Å². The summed E-state index contributed by atoms with van der Waals surface area (Å²) in [6.07, 6.45) is -2.68. The highest BCUT2D eigenvalue weighted by Gasteiger charge is 2.73. The highest BCUT2D eigenvalue weighted by Crippen LogP contribution is 2.67. The van der Waals surface area contributed by atoms with Crippen molar-refractivity contribution in [3.8, 4) is 0 Å². The van der Waals surface area contributed by atoms with Gasteiger partial charge in [-0.05, 0) is 31.4 Å². The summed E-state index contributed by atoms with van der Waals surface area (Å²) in [4.78, 5) is 13.5. The Morgan fingerprint density at radius 3 is 2.44 bits per heavy atom. The third kappa shape index (κ3) is 2.27. The Labute approximate surface area is 140 Å². The van der Waals surface area contributed by atoms with Crippen molar-refractivity contribution < 1.29 is 31.5 Å². The minimum absolute atomic E-state index is 0.0646. The van der Waals surface area contributed by atoms with Crippen LogP contribution in [0, 0.1) is 5.41 Å². The molecule has 5 rings (SSSR count). The SMILES string of the molecule is O=C(O)C12CC(NS(=O)(=O)c3c[nH]c4cc(C(F)(F)F)ccc34)(C1)C2. The Hall–Kier alpha value is -2.07. The molecule has 10 heteroatoms. The molecule has 0 saturated heterocycles. The molecule has 25 heavy (non-hydrogen) atoms. The molecule has 0 aliphatic heterocycles. The van der Waals surface area contributed by atoms with Crippen molar-refractivity contribution in [3.05, 3.63) is 30.0 Å². The number of carboxylic acids is 1. The molecule has 2 aromatic rings. The maximum Gasteiger partial charge on any atom is 0.416 e. The lowest BCUT2D eigenvalue weighted by molar-refractivity contribution is -0.194. The lowest BCUT2D eigenvalue weighted by atomic mass is 9.40. The van der Waals surface area contributed by atoms with Crippen LogP contribution in [-0.2, 0) is 21.0 Å². The van der Waals surface area contributed by atoms with E-state index in [0.29, 0.717) is 0 Å². The Morgan fingerprint density at radius 2 is 1.88 bits per heavy atom. The van der Waals surface area contributed by atoms with E-state index in [-0.39, 0.29) is 35.1 Å². The van der Waals surface area contributed by atoms with E-state index in [1.54, 1.807) is 0 Å². The van der Waals surface area contributed by atoms with Gasteiger partial charge in [-0.2, -0.15) is 13.2 Å². The van der Waals surface area contributed by atoms with Crippen molar-refractivity contribution in [1.29, 1.82) is 0 Å². The van der Waals surface area contributed by atoms with Gasteiger partial charge in [-0.25, -0.2) is 13.1 Å². The lowest BCUT2D eigenvalue weighted by Crippen LogP contribution is -2.76. The molecule has 0 amide bonds. The first kappa shape index (κ1) is 16.4. The number of nitrogens with one attached hydrogen (secondary N) is 2. The fourth-order valence-corrected chi connectivity index (χ4v) is 5.54. The second-order valence-electron chi connectivity index (χ2n) is 6.91. The molecule has 3 fully saturated rings. The lowest BCUT2D eigenvalue weighted by Gasteiger charge is -2.67. The molecule has 1 heterocycles. The first-order valence-electron chi connectivity index (χ1n) is 7.42. The maximum absolute atomic E-state index is 12.7. The molecule has 0 radical (unpaired) electrons. The topological polar surface area (TPSA) is 99.3 Å². The Kier molecular flexibility index (Phi) is 2.99. The van der Waals surface area contributed by atoms with Crippen molar-refractivity contribution in [2.75, 3.05) is 0 Å². The summed E-state index contributed by atoms with van der Waals surface area (Å²) in [5.41, 5.74) is -2.40. The monoisotopic (exact) mass is 374 g/mol. The standard InChI is InChI=1S/C15H13F3N2O4S/c16-15(17,18)8-1-2-9-10(3-8)19-4-11(9)25(23,24)20-14-5-13(6-14,7-14)12(21)22/h1-4,19-20H,5-7H2,(H,21,22). The van der Waals surface area contributed by atoms with E-state index < -0.39 is 38.7 Å². The van der Waals surface area contributed by atoms with Crippen LogP contribution < -0.4 is 4.72 Å². The summed E-state index contributed by atoms with van der Waals surface area (Å²) in [6, 6.07) is 2.80. The van der Waals surface area contributed by atoms with Gasteiger partial charge < -0.3 is 10.1 Å². The average molecular weight is 374 g/mol. The number of hydrogen-bond acceptors (Lipinski definition) is 3. The number of aliphatic carboxylic acids is 1. The third-order valence-corrected chi connectivity index (χ3v) is 6.71. The van der Waals surface area contributed by atoms with Gasteiger partial charge in [-0.15, -0.1) is 0 Å². The number of halogens is 3. The van der Waals surface area contributed by atoms with Gasteiger partial charge in [-0.3, -0.25) is 4.79 Å². The highest BCUT2D eigenvalue weighted by molar-refractivity contribution is 7.89. The van der Waals surface area contributed by atoms with E-state index in [1.807, 2.05) is 0 Å². The van der Waals surface area contributed by atoms with Gasteiger partial charge in [0, 0.05) is 22.6 Å². The molecule has 3 saturated carbocycles. The van der Waals surface area contributed by atoms with Crippen LogP contribution in [0.25, 0.3) is 10.9 Å². The average Bonchev–Trinajstić information content (AvgIpc) is 2.83. The van der Waals surface area contributed by atoms with Crippen molar-refractivity contribution in [2.24, 2.45) is 5.41 Å². The predicted molar refractivity (Wildman–Crippen MR) is 80.3 cm³/mol. The number of benzene rings is 1.